The second-order valence-corrected chi connectivity index (χ2v) is 4.92. The Bertz CT molecular complexity index is 845. The third-order valence-electron chi connectivity index (χ3n) is 3.50. The molecule has 22 heavy (non-hydrogen) atoms. The molecule has 1 N–H and O–H groups in total. The highest BCUT2D eigenvalue weighted by Crippen LogP contribution is 2.24. The van der Waals surface area contributed by atoms with E-state index in [2.05, 4.69) is 15.2 Å². The van der Waals surface area contributed by atoms with Gasteiger partial charge in [-0.05, 0) is 24.3 Å². The molecule has 0 saturated heterocycles. The summed E-state index contributed by atoms with van der Waals surface area (Å²) in [7, 11) is 1.89. The number of carbonyl (C=O) groups excluding carboxylic acids is 1. The zero-order valence-corrected chi connectivity index (χ0v) is 12.0. The van der Waals surface area contributed by atoms with Crippen molar-refractivity contribution in [3.05, 3.63) is 69.9 Å². The lowest BCUT2D eigenvalue weighted by atomic mass is 10.2. The summed E-state index contributed by atoms with van der Waals surface area (Å²) in [6.07, 6.45) is 3.04. The van der Waals surface area contributed by atoms with Gasteiger partial charge >= 0.3 is 0 Å². The molecule has 0 bridgehead atoms. The van der Waals surface area contributed by atoms with Gasteiger partial charge in [0.15, 0.2) is 6.29 Å². The standard InChI is InChI=1S/C16H14N4O2/c1-20-13(9-12-5-6-15(22)19-18-12)8-11(10-21)16(20)14-4-2-3-7-17-14/h2-8,10H,9H2,1H3,(H,19,22). The van der Waals surface area contributed by atoms with Crippen molar-refractivity contribution in [2.24, 2.45) is 7.05 Å². The smallest absolute Gasteiger partial charge is 0.264 e. The van der Waals surface area contributed by atoms with Gasteiger partial charge in [0.2, 0.25) is 0 Å². The average Bonchev–Trinajstić information content (AvgIpc) is 2.86. The number of pyridine rings is 1. The van der Waals surface area contributed by atoms with E-state index in [0.717, 1.165) is 29.1 Å². The summed E-state index contributed by atoms with van der Waals surface area (Å²) in [4.78, 5) is 26.7. The number of aromatic amines is 1. The van der Waals surface area contributed by atoms with Crippen LogP contribution in [0.3, 0.4) is 0 Å². The molecule has 0 aliphatic carbocycles. The Hall–Kier alpha value is -3.02. The van der Waals surface area contributed by atoms with E-state index < -0.39 is 0 Å². The molecule has 6 heteroatoms. The summed E-state index contributed by atoms with van der Waals surface area (Å²) in [5.41, 5.74) is 3.51. The van der Waals surface area contributed by atoms with Crippen LogP contribution in [-0.2, 0) is 13.5 Å². The van der Waals surface area contributed by atoms with Crippen LogP contribution in [-0.4, -0.2) is 26.0 Å². The van der Waals surface area contributed by atoms with E-state index in [4.69, 9.17) is 0 Å². The van der Waals surface area contributed by atoms with Gasteiger partial charge in [0.05, 0.1) is 17.1 Å². The molecule has 0 aliphatic heterocycles. The monoisotopic (exact) mass is 294 g/mol. The molecule has 0 amide bonds. The number of aldehydes is 1. The van der Waals surface area contributed by atoms with Crippen LogP contribution in [0.5, 0.6) is 0 Å². The lowest BCUT2D eigenvalue weighted by Crippen LogP contribution is -2.09. The van der Waals surface area contributed by atoms with Crippen molar-refractivity contribution in [1.82, 2.24) is 19.7 Å². The van der Waals surface area contributed by atoms with Crippen LogP contribution in [0.1, 0.15) is 21.7 Å². The van der Waals surface area contributed by atoms with Crippen molar-refractivity contribution in [2.45, 2.75) is 6.42 Å². The minimum Gasteiger partial charge on any atom is -0.345 e. The summed E-state index contributed by atoms with van der Waals surface area (Å²) in [6.45, 7) is 0. The van der Waals surface area contributed by atoms with Crippen molar-refractivity contribution >= 4 is 6.29 Å². The zero-order valence-electron chi connectivity index (χ0n) is 12.0. The number of nitrogens with one attached hydrogen (secondary N) is 1. The molecular formula is C16H14N4O2. The summed E-state index contributed by atoms with van der Waals surface area (Å²) < 4.78 is 1.93. The Balaban J connectivity index is 2.03. The lowest BCUT2D eigenvalue weighted by Gasteiger charge is -2.07. The van der Waals surface area contributed by atoms with Crippen molar-refractivity contribution in [1.29, 1.82) is 0 Å². The van der Waals surface area contributed by atoms with Crippen LogP contribution < -0.4 is 5.56 Å². The van der Waals surface area contributed by atoms with Gasteiger partial charge in [-0.3, -0.25) is 14.6 Å². The van der Waals surface area contributed by atoms with Crippen molar-refractivity contribution in [2.75, 3.05) is 0 Å². The molecule has 0 aromatic carbocycles. The van der Waals surface area contributed by atoms with E-state index in [1.165, 1.54) is 6.07 Å². The number of hydrogen-bond acceptors (Lipinski definition) is 4. The maximum atomic E-state index is 11.4. The third-order valence-corrected chi connectivity index (χ3v) is 3.50. The maximum Gasteiger partial charge on any atom is 0.264 e. The predicted octanol–water partition coefficient (Wildman–Crippen LogP) is 1.57. The maximum absolute atomic E-state index is 11.4. The lowest BCUT2D eigenvalue weighted by molar-refractivity contribution is 0.112. The minimum absolute atomic E-state index is 0.238. The number of rotatable bonds is 4. The first-order chi connectivity index (χ1) is 10.7. The number of H-pyrrole nitrogens is 1. The van der Waals surface area contributed by atoms with Gasteiger partial charge < -0.3 is 4.57 Å². The molecule has 3 rings (SSSR count). The first-order valence-corrected chi connectivity index (χ1v) is 6.79. The molecular weight excluding hydrogens is 280 g/mol. The van der Waals surface area contributed by atoms with Gasteiger partial charge in [0, 0.05) is 37.0 Å². The Labute approximate surface area is 126 Å². The Morgan fingerprint density at radius 3 is 2.77 bits per heavy atom. The SMILES string of the molecule is Cn1c(Cc2ccc(=O)[nH]n2)cc(C=O)c1-c1ccccn1. The third kappa shape index (κ3) is 2.58. The zero-order chi connectivity index (χ0) is 15.5. The van der Waals surface area contributed by atoms with Gasteiger partial charge in [0.25, 0.3) is 5.56 Å². The van der Waals surface area contributed by atoms with Crippen LogP contribution in [0.15, 0.2) is 47.4 Å². The molecule has 0 atom stereocenters. The Morgan fingerprint density at radius 1 is 1.27 bits per heavy atom. The Kier molecular flexibility index (Phi) is 3.65. The number of nitrogens with zero attached hydrogens (tertiary/aromatic N) is 3. The number of aromatic nitrogens is 4. The minimum atomic E-state index is -0.238. The van der Waals surface area contributed by atoms with E-state index in [1.807, 2.05) is 35.9 Å². The van der Waals surface area contributed by atoms with E-state index in [1.54, 1.807) is 12.3 Å². The van der Waals surface area contributed by atoms with Gasteiger partial charge in [-0.25, -0.2) is 5.10 Å². The first-order valence-electron chi connectivity index (χ1n) is 6.79. The molecule has 0 aliphatic rings. The van der Waals surface area contributed by atoms with Gasteiger partial charge in [-0.1, -0.05) is 6.07 Å². The molecule has 0 radical (unpaired) electrons. The van der Waals surface area contributed by atoms with E-state index in [0.29, 0.717) is 12.0 Å². The molecule has 0 unspecified atom stereocenters. The molecule has 0 saturated carbocycles. The van der Waals surface area contributed by atoms with Gasteiger partial charge in [-0.15, -0.1) is 0 Å². The van der Waals surface area contributed by atoms with Crippen LogP contribution in [0.4, 0.5) is 0 Å². The fourth-order valence-electron chi connectivity index (χ4n) is 2.42. The van der Waals surface area contributed by atoms with Crippen molar-refractivity contribution in [3.8, 4) is 11.4 Å². The second-order valence-electron chi connectivity index (χ2n) is 4.92. The summed E-state index contributed by atoms with van der Waals surface area (Å²) in [6, 6.07) is 10.5. The molecule has 0 fully saturated rings. The normalized spacial score (nSPS) is 10.6. The molecule has 110 valence electrons. The van der Waals surface area contributed by atoms with E-state index in [-0.39, 0.29) is 5.56 Å². The molecule has 3 aromatic heterocycles. The topological polar surface area (TPSA) is 80.6 Å². The summed E-state index contributed by atoms with van der Waals surface area (Å²) >= 11 is 0. The summed E-state index contributed by atoms with van der Waals surface area (Å²) in [5, 5.41) is 6.41. The second kappa shape index (κ2) is 5.77. The fraction of sp³-hybridized carbons (Fsp3) is 0.125. The largest absolute Gasteiger partial charge is 0.345 e. The number of hydrogen-bond donors (Lipinski definition) is 1. The molecule has 6 nitrogen and oxygen atoms in total. The van der Waals surface area contributed by atoms with Crippen LogP contribution >= 0.6 is 0 Å². The van der Waals surface area contributed by atoms with Gasteiger partial charge in [0.1, 0.15) is 0 Å². The highest BCUT2D eigenvalue weighted by Gasteiger charge is 2.15. The van der Waals surface area contributed by atoms with E-state index in [9.17, 15) is 9.59 Å². The first kappa shape index (κ1) is 13.9. The molecule has 3 aromatic rings. The fourth-order valence-corrected chi connectivity index (χ4v) is 2.42. The van der Waals surface area contributed by atoms with E-state index >= 15 is 0 Å². The van der Waals surface area contributed by atoms with Crippen molar-refractivity contribution < 1.29 is 4.79 Å². The molecule has 0 spiro atoms. The highest BCUT2D eigenvalue weighted by molar-refractivity contribution is 5.86. The predicted molar refractivity (Wildman–Crippen MR) is 81.7 cm³/mol. The van der Waals surface area contributed by atoms with Crippen LogP contribution in [0.25, 0.3) is 11.4 Å². The van der Waals surface area contributed by atoms with Crippen LogP contribution in [0.2, 0.25) is 0 Å². The quantitative estimate of drug-likeness (QED) is 0.741. The summed E-state index contributed by atoms with van der Waals surface area (Å²) in [5.74, 6) is 0. The van der Waals surface area contributed by atoms with Crippen LogP contribution in [0, 0.1) is 0 Å². The molecule has 3 heterocycles. The van der Waals surface area contributed by atoms with Gasteiger partial charge in [-0.2, -0.15) is 5.10 Å². The Morgan fingerprint density at radius 2 is 2.14 bits per heavy atom. The highest BCUT2D eigenvalue weighted by atomic mass is 16.1. The average molecular weight is 294 g/mol. The van der Waals surface area contributed by atoms with Crippen molar-refractivity contribution in [3.63, 3.8) is 0 Å². The number of carbonyl (C=O) groups is 1.